The molecule has 0 aromatic carbocycles. The highest BCUT2D eigenvalue weighted by molar-refractivity contribution is 5.94. The van der Waals surface area contributed by atoms with Gasteiger partial charge < -0.3 is 9.64 Å². The van der Waals surface area contributed by atoms with E-state index in [1.165, 1.54) is 12.0 Å². The largest absolute Gasteiger partial charge is 0.452 e. The molecule has 2 atom stereocenters. The molecule has 0 bridgehead atoms. The second-order valence-electron chi connectivity index (χ2n) is 5.38. The van der Waals surface area contributed by atoms with Gasteiger partial charge in [-0.1, -0.05) is 0 Å². The van der Waals surface area contributed by atoms with Gasteiger partial charge in [-0.25, -0.2) is 21.5 Å². The molecule has 9 heteroatoms. The van der Waals surface area contributed by atoms with Gasteiger partial charge in [0.05, 0.1) is 7.11 Å². The minimum absolute atomic E-state index is 0.332. The maximum Gasteiger partial charge on any atom is 0.424 e. The van der Waals surface area contributed by atoms with Crippen LogP contribution in [0.5, 0.6) is 0 Å². The zero-order valence-electron chi connectivity index (χ0n) is 12.0. The Kier molecular flexibility index (Phi) is 4.33. The number of hydrogen-bond acceptors (Lipinski definition) is 6. The molecule has 2 unspecified atom stereocenters. The number of rotatable bonds is 2. The van der Waals surface area contributed by atoms with Crippen LogP contribution in [0.3, 0.4) is 0 Å². The van der Waals surface area contributed by atoms with Crippen molar-refractivity contribution >= 4 is 17.9 Å². The Morgan fingerprint density at radius 2 is 2.10 bits per heavy atom. The van der Waals surface area contributed by atoms with E-state index >= 15 is 0 Å². The summed E-state index contributed by atoms with van der Waals surface area (Å²) in [6, 6.07) is -0.817. The second-order valence-corrected chi connectivity index (χ2v) is 5.38. The first-order chi connectivity index (χ1) is 9.97. The zero-order chi connectivity index (χ0) is 15.6. The number of fused-ring (bicyclic) bond motifs is 1. The standard InChI is InChI=1S/C12H21N5O4/c1-21-11(20)17(14)8-4-2-5-12(10(19)15-13)6-3-7-16(12)9(8)18/h8H,2-7,13-14H2,1H3,(H,15,19). The number of nitrogens with zero attached hydrogens (tertiary/aromatic N) is 2. The van der Waals surface area contributed by atoms with Gasteiger partial charge in [0.15, 0.2) is 0 Å². The molecule has 5 N–H and O–H groups in total. The fraction of sp³-hybridized carbons (Fsp3) is 0.750. The lowest BCUT2D eigenvalue weighted by molar-refractivity contribution is -0.147. The molecule has 2 aliphatic heterocycles. The van der Waals surface area contributed by atoms with Crippen LogP contribution in [0.2, 0.25) is 0 Å². The lowest BCUT2D eigenvalue weighted by Gasteiger charge is -2.36. The highest BCUT2D eigenvalue weighted by atomic mass is 16.5. The van der Waals surface area contributed by atoms with Crippen molar-refractivity contribution in [3.8, 4) is 0 Å². The van der Waals surface area contributed by atoms with Crippen molar-refractivity contribution in [1.82, 2.24) is 15.3 Å². The minimum Gasteiger partial charge on any atom is -0.452 e. The molecule has 118 valence electrons. The summed E-state index contributed by atoms with van der Waals surface area (Å²) in [5, 5.41) is 0.803. The molecule has 2 heterocycles. The Balaban J connectivity index is 2.29. The summed E-state index contributed by atoms with van der Waals surface area (Å²) in [5.74, 6) is 10.3. The van der Waals surface area contributed by atoms with Crippen molar-refractivity contribution < 1.29 is 19.1 Å². The molecule has 0 spiro atoms. The number of hydrazine groups is 2. The average Bonchev–Trinajstić information content (AvgIpc) is 2.88. The third-order valence-electron chi connectivity index (χ3n) is 4.38. The van der Waals surface area contributed by atoms with Crippen molar-refractivity contribution in [3.63, 3.8) is 0 Å². The molecule has 2 saturated heterocycles. The molecule has 2 aliphatic rings. The smallest absolute Gasteiger partial charge is 0.424 e. The molecule has 0 aromatic heterocycles. The van der Waals surface area contributed by atoms with E-state index < -0.39 is 17.7 Å². The van der Waals surface area contributed by atoms with E-state index in [9.17, 15) is 14.4 Å². The molecular formula is C12H21N5O4. The first kappa shape index (κ1) is 15.5. The van der Waals surface area contributed by atoms with Gasteiger partial charge in [-0.15, -0.1) is 0 Å². The number of nitrogens with two attached hydrogens (primary N) is 2. The summed E-state index contributed by atoms with van der Waals surface area (Å²) in [6.07, 6.45) is 1.99. The molecule has 9 nitrogen and oxygen atoms in total. The molecule has 0 radical (unpaired) electrons. The normalized spacial score (nSPS) is 28.6. The first-order valence-electron chi connectivity index (χ1n) is 6.92. The summed E-state index contributed by atoms with van der Waals surface area (Å²) in [4.78, 5) is 37.9. The molecule has 21 heavy (non-hydrogen) atoms. The van der Waals surface area contributed by atoms with Gasteiger partial charge in [0, 0.05) is 6.54 Å². The molecule has 3 amide bonds. The van der Waals surface area contributed by atoms with E-state index in [0.29, 0.717) is 38.6 Å². The van der Waals surface area contributed by atoms with E-state index in [-0.39, 0.29) is 11.8 Å². The van der Waals surface area contributed by atoms with Crippen molar-refractivity contribution in [3.05, 3.63) is 0 Å². The molecular weight excluding hydrogens is 278 g/mol. The summed E-state index contributed by atoms with van der Waals surface area (Å²) in [7, 11) is 1.20. The maximum atomic E-state index is 12.7. The third kappa shape index (κ3) is 2.42. The van der Waals surface area contributed by atoms with Crippen LogP contribution < -0.4 is 17.1 Å². The molecule has 2 fully saturated rings. The Morgan fingerprint density at radius 3 is 2.71 bits per heavy atom. The van der Waals surface area contributed by atoms with Crippen LogP contribution in [0.4, 0.5) is 4.79 Å². The van der Waals surface area contributed by atoms with Gasteiger partial charge in [-0.2, -0.15) is 0 Å². The predicted molar refractivity (Wildman–Crippen MR) is 72.1 cm³/mol. The predicted octanol–water partition coefficient (Wildman–Crippen LogP) is -1.17. The molecule has 2 rings (SSSR count). The van der Waals surface area contributed by atoms with Crippen LogP contribution in [-0.4, -0.2) is 53.1 Å². The van der Waals surface area contributed by atoms with E-state index in [0.717, 1.165) is 5.01 Å². The van der Waals surface area contributed by atoms with E-state index in [2.05, 4.69) is 10.2 Å². The second kappa shape index (κ2) is 5.86. The minimum atomic E-state index is -0.919. The highest BCUT2D eigenvalue weighted by Crippen LogP contribution is 2.38. The van der Waals surface area contributed by atoms with Crippen molar-refractivity contribution in [1.29, 1.82) is 0 Å². The van der Waals surface area contributed by atoms with E-state index in [1.807, 2.05) is 0 Å². The Labute approximate surface area is 122 Å². The number of nitrogens with one attached hydrogen (secondary N) is 1. The van der Waals surface area contributed by atoms with Gasteiger partial charge in [0.1, 0.15) is 11.6 Å². The first-order valence-corrected chi connectivity index (χ1v) is 6.92. The summed E-state index contributed by atoms with van der Waals surface area (Å²) in [6.45, 7) is 0.456. The third-order valence-corrected chi connectivity index (χ3v) is 4.38. The Morgan fingerprint density at radius 1 is 1.43 bits per heavy atom. The van der Waals surface area contributed by atoms with Gasteiger partial charge in [-0.3, -0.25) is 15.0 Å². The van der Waals surface area contributed by atoms with Gasteiger partial charge in [-0.05, 0) is 32.1 Å². The van der Waals surface area contributed by atoms with Gasteiger partial charge in [0.25, 0.3) is 5.91 Å². The van der Waals surface area contributed by atoms with Crippen LogP contribution in [-0.2, 0) is 14.3 Å². The van der Waals surface area contributed by atoms with Crippen molar-refractivity contribution in [2.24, 2.45) is 11.7 Å². The SMILES string of the molecule is COC(=O)N(N)C1CCCC2(C(=O)NN)CCCN2C1=O. The summed E-state index contributed by atoms with van der Waals surface area (Å²) >= 11 is 0. The van der Waals surface area contributed by atoms with Gasteiger partial charge >= 0.3 is 6.09 Å². The molecule has 0 aliphatic carbocycles. The van der Waals surface area contributed by atoms with Crippen LogP contribution in [0.25, 0.3) is 0 Å². The van der Waals surface area contributed by atoms with Crippen molar-refractivity contribution in [2.45, 2.75) is 43.7 Å². The topological polar surface area (TPSA) is 131 Å². The van der Waals surface area contributed by atoms with Crippen molar-refractivity contribution in [2.75, 3.05) is 13.7 Å². The number of carbonyl (C=O) groups is 3. The van der Waals surface area contributed by atoms with Crippen LogP contribution in [0.15, 0.2) is 0 Å². The monoisotopic (exact) mass is 299 g/mol. The highest BCUT2D eigenvalue weighted by Gasteiger charge is 2.52. The number of methoxy groups -OCH3 is 1. The average molecular weight is 299 g/mol. The summed E-state index contributed by atoms with van der Waals surface area (Å²) in [5.41, 5.74) is 1.23. The van der Waals surface area contributed by atoms with E-state index in [1.54, 1.807) is 0 Å². The Bertz CT molecular complexity index is 457. The quantitative estimate of drug-likeness (QED) is 0.334. The summed E-state index contributed by atoms with van der Waals surface area (Å²) < 4.78 is 4.55. The zero-order valence-corrected chi connectivity index (χ0v) is 12.0. The number of ether oxygens (including phenoxy) is 1. The fourth-order valence-electron chi connectivity index (χ4n) is 3.33. The van der Waals surface area contributed by atoms with E-state index in [4.69, 9.17) is 11.7 Å². The van der Waals surface area contributed by atoms with Crippen LogP contribution in [0.1, 0.15) is 32.1 Å². The molecule has 0 aromatic rings. The number of amides is 3. The fourth-order valence-corrected chi connectivity index (χ4v) is 3.33. The Hall–Kier alpha value is -1.87. The molecule has 0 saturated carbocycles. The lowest BCUT2D eigenvalue weighted by Crippen LogP contribution is -2.61. The van der Waals surface area contributed by atoms with Crippen LogP contribution in [0, 0.1) is 0 Å². The lowest BCUT2D eigenvalue weighted by atomic mass is 9.90. The maximum absolute atomic E-state index is 12.7. The number of carbonyl (C=O) groups excluding carboxylic acids is 3. The van der Waals surface area contributed by atoms with Gasteiger partial charge in [0.2, 0.25) is 5.91 Å². The van der Waals surface area contributed by atoms with Crippen LogP contribution >= 0.6 is 0 Å². The number of hydrogen-bond donors (Lipinski definition) is 3.